The zero-order chi connectivity index (χ0) is 27.8. The Bertz CT molecular complexity index is 1250. The fraction of sp³-hybridized carbons (Fsp3) is 0.385. The van der Waals surface area contributed by atoms with Gasteiger partial charge in [0, 0.05) is 19.1 Å². The maximum absolute atomic E-state index is 14.9. The molecule has 2 aliphatic heterocycles. The van der Waals surface area contributed by atoms with Crippen molar-refractivity contribution in [2.24, 2.45) is 11.5 Å². The number of hydrogen-bond acceptors (Lipinski definition) is 7. The lowest BCUT2D eigenvalue weighted by molar-refractivity contribution is -0.114. The Labute approximate surface area is 218 Å². The van der Waals surface area contributed by atoms with Gasteiger partial charge < -0.3 is 21.5 Å². The molecule has 0 spiro atoms. The van der Waals surface area contributed by atoms with Crippen LogP contribution in [0.4, 0.5) is 13.2 Å². The number of halogens is 3. The number of alkyl halides is 2. The van der Waals surface area contributed by atoms with Gasteiger partial charge in [0.25, 0.3) is 11.8 Å². The Kier molecular flexibility index (Phi) is 7.56. The number of nitrogens with one attached hydrogen (secondary N) is 2. The van der Waals surface area contributed by atoms with Crippen molar-refractivity contribution in [1.29, 1.82) is 0 Å². The fourth-order valence-corrected chi connectivity index (χ4v) is 4.74. The van der Waals surface area contributed by atoms with Gasteiger partial charge in [-0.2, -0.15) is 0 Å². The van der Waals surface area contributed by atoms with Gasteiger partial charge in [0.2, 0.25) is 5.91 Å². The van der Waals surface area contributed by atoms with Crippen molar-refractivity contribution in [2.45, 2.75) is 44.4 Å². The number of hydrazine groups is 1. The predicted octanol–water partition coefficient (Wildman–Crippen LogP) is 2.01. The van der Waals surface area contributed by atoms with Crippen LogP contribution in [0.5, 0.6) is 5.75 Å². The minimum atomic E-state index is -3.06. The number of likely N-dealkylation sites (tertiary alicyclic amines) is 1. The maximum atomic E-state index is 14.9. The second-order valence-electron chi connectivity index (χ2n) is 9.66. The molecule has 0 aliphatic carbocycles. The van der Waals surface area contributed by atoms with Crippen LogP contribution < -0.4 is 26.9 Å². The van der Waals surface area contributed by atoms with Crippen LogP contribution in [0.2, 0.25) is 0 Å². The summed E-state index contributed by atoms with van der Waals surface area (Å²) >= 11 is 0. The highest BCUT2D eigenvalue weighted by Crippen LogP contribution is 2.38. The zero-order valence-electron chi connectivity index (χ0n) is 21.3. The molecule has 6 N–H and O–H groups in total. The highest BCUT2D eigenvalue weighted by Gasteiger charge is 2.54. The third-order valence-electron chi connectivity index (χ3n) is 6.88. The van der Waals surface area contributed by atoms with Crippen LogP contribution in [0.3, 0.4) is 0 Å². The van der Waals surface area contributed by atoms with Crippen LogP contribution >= 0.6 is 0 Å². The molecule has 1 saturated heterocycles. The molecular weight excluding hydrogens is 501 g/mol. The second-order valence-corrected chi connectivity index (χ2v) is 9.66. The van der Waals surface area contributed by atoms with E-state index in [2.05, 4.69) is 10.7 Å². The summed E-state index contributed by atoms with van der Waals surface area (Å²) in [4.78, 5) is 26.5. The minimum Gasteiger partial charge on any atom is -0.496 e. The SMILES string of the molecule is COc1ccc(F)cc1C(=O)NCc1ccc(C2NN(C3CN(C(C)C)CC3(F)F)C(N)=C2C(N)=O)cc1. The lowest BCUT2D eigenvalue weighted by Crippen LogP contribution is -2.52. The summed E-state index contributed by atoms with van der Waals surface area (Å²) in [6, 6.07) is 8.27. The van der Waals surface area contributed by atoms with Crippen LogP contribution in [0.1, 0.15) is 41.4 Å². The Morgan fingerprint density at radius 1 is 1.21 bits per heavy atom. The molecular formula is C26H31F3N6O3. The number of primary amides is 1. The molecule has 0 saturated carbocycles. The molecule has 2 aromatic carbocycles. The second kappa shape index (κ2) is 10.5. The van der Waals surface area contributed by atoms with Gasteiger partial charge in [0.05, 0.1) is 30.8 Å². The van der Waals surface area contributed by atoms with Crippen molar-refractivity contribution >= 4 is 11.8 Å². The average Bonchev–Trinajstić information content (AvgIpc) is 3.38. The quantitative estimate of drug-likeness (QED) is 0.410. The molecule has 2 amide bonds. The van der Waals surface area contributed by atoms with E-state index in [4.69, 9.17) is 16.2 Å². The standard InChI is InChI=1S/C26H31F3N6O3/c1-14(2)34-12-20(26(28,29)13-34)35-23(30)21(24(31)36)22(33-35)16-6-4-15(5-7-16)11-32-25(37)18-10-17(27)8-9-19(18)38-3/h4-10,14,20,22,33H,11-13,30H2,1-3H3,(H2,31,36)(H,32,37). The predicted molar refractivity (Wildman–Crippen MR) is 134 cm³/mol. The maximum Gasteiger partial charge on any atom is 0.283 e. The third kappa shape index (κ3) is 5.27. The largest absolute Gasteiger partial charge is 0.496 e. The van der Waals surface area contributed by atoms with E-state index < -0.39 is 42.2 Å². The first-order chi connectivity index (χ1) is 17.9. The summed E-state index contributed by atoms with van der Waals surface area (Å²) in [6.45, 7) is 3.45. The summed E-state index contributed by atoms with van der Waals surface area (Å²) in [7, 11) is 1.39. The van der Waals surface area contributed by atoms with Crippen molar-refractivity contribution in [1.82, 2.24) is 20.7 Å². The van der Waals surface area contributed by atoms with Gasteiger partial charge in [-0.15, -0.1) is 0 Å². The van der Waals surface area contributed by atoms with Crippen LogP contribution in [-0.2, 0) is 11.3 Å². The average molecular weight is 533 g/mol. The lowest BCUT2D eigenvalue weighted by atomic mass is 9.98. The number of carbonyl (C=O) groups is 2. The normalized spacial score (nSPS) is 21.3. The fourth-order valence-electron chi connectivity index (χ4n) is 4.74. The Hall–Kier alpha value is -3.77. The Morgan fingerprint density at radius 3 is 2.47 bits per heavy atom. The first kappa shape index (κ1) is 27.3. The molecule has 0 aromatic heterocycles. The zero-order valence-corrected chi connectivity index (χ0v) is 21.3. The van der Waals surface area contributed by atoms with Crippen LogP contribution in [-0.4, -0.2) is 59.9 Å². The van der Waals surface area contributed by atoms with Crippen LogP contribution in [0.15, 0.2) is 53.9 Å². The topological polar surface area (TPSA) is 126 Å². The van der Waals surface area contributed by atoms with Crippen molar-refractivity contribution in [3.63, 3.8) is 0 Å². The molecule has 2 atom stereocenters. The molecule has 2 heterocycles. The molecule has 2 unspecified atom stereocenters. The van der Waals surface area contributed by atoms with Gasteiger partial charge in [0.1, 0.15) is 23.4 Å². The van der Waals surface area contributed by atoms with Gasteiger partial charge in [-0.3, -0.25) is 19.5 Å². The number of hydrogen-bond donors (Lipinski definition) is 4. The van der Waals surface area contributed by atoms with Gasteiger partial charge in [-0.05, 0) is 43.2 Å². The molecule has 38 heavy (non-hydrogen) atoms. The number of rotatable bonds is 8. The van der Waals surface area contributed by atoms with Crippen molar-refractivity contribution in [3.8, 4) is 5.75 Å². The summed E-state index contributed by atoms with van der Waals surface area (Å²) in [5.74, 6) is -4.85. The number of carbonyl (C=O) groups excluding carboxylic acids is 2. The summed E-state index contributed by atoms with van der Waals surface area (Å²) in [5.41, 5.74) is 16.1. The summed E-state index contributed by atoms with van der Waals surface area (Å²) in [5, 5.41) is 3.87. The lowest BCUT2D eigenvalue weighted by Gasteiger charge is -2.31. The highest BCUT2D eigenvalue weighted by atomic mass is 19.3. The number of amides is 2. The molecule has 1 fully saturated rings. The number of nitrogens with zero attached hydrogens (tertiary/aromatic N) is 2. The third-order valence-corrected chi connectivity index (χ3v) is 6.88. The Balaban J connectivity index is 1.49. The molecule has 4 rings (SSSR count). The Morgan fingerprint density at radius 2 is 1.89 bits per heavy atom. The van der Waals surface area contributed by atoms with Crippen molar-refractivity contribution < 1.29 is 27.5 Å². The van der Waals surface area contributed by atoms with E-state index in [1.54, 1.807) is 29.2 Å². The van der Waals surface area contributed by atoms with Crippen molar-refractivity contribution in [3.05, 3.63) is 76.4 Å². The smallest absolute Gasteiger partial charge is 0.283 e. The number of methoxy groups -OCH3 is 1. The molecule has 12 heteroatoms. The van der Waals surface area contributed by atoms with E-state index in [1.165, 1.54) is 19.2 Å². The van der Waals surface area contributed by atoms with E-state index in [-0.39, 0.29) is 41.8 Å². The molecule has 9 nitrogen and oxygen atoms in total. The molecule has 2 aromatic rings. The molecule has 0 bridgehead atoms. The summed E-state index contributed by atoms with van der Waals surface area (Å²) < 4.78 is 48.6. The van der Waals surface area contributed by atoms with Gasteiger partial charge in [0.15, 0.2) is 0 Å². The molecule has 2 aliphatic rings. The van der Waals surface area contributed by atoms with Gasteiger partial charge in [-0.1, -0.05) is 24.3 Å². The van der Waals surface area contributed by atoms with Crippen molar-refractivity contribution in [2.75, 3.05) is 20.2 Å². The first-order valence-electron chi connectivity index (χ1n) is 12.1. The highest BCUT2D eigenvalue weighted by molar-refractivity contribution is 5.97. The first-order valence-corrected chi connectivity index (χ1v) is 12.1. The minimum absolute atomic E-state index is 0.00282. The van der Waals surface area contributed by atoms with Gasteiger partial charge in [-0.25, -0.2) is 18.6 Å². The van der Waals surface area contributed by atoms with E-state index in [0.717, 1.165) is 11.1 Å². The van der Waals surface area contributed by atoms with Crippen LogP contribution in [0.25, 0.3) is 0 Å². The van der Waals surface area contributed by atoms with Gasteiger partial charge >= 0.3 is 0 Å². The number of ether oxygens (including phenoxy) is 1. The van der Waals surface area contributed by atoms with Crippen LogP contribution in [0, 0.1) is 5.82 Å². The summed E-state index contributed by atoms with van der Waals surface area (Å²) in [6.07, 6.45) is 0. The van der Waals surface area contributed by atoms with E-state index >= 15 is 0 Å². The van der Waals surface area contributed by atoms with E-state index in [1.807, 2.05) is 13.8 Å². The number of benzene rings is 2. The molecule has 204 valence electrons. The van der Waals surface area contributed by atoms with E-state index in [0.29, 0.717) is 11.1 Å². The van der Waals surface area contributed by atoms with E-state index in [9.17, 15) is 22.8 Å². The number of nitrogens with two attached hydrogens (primary N) is 2. The monoisotopic (exact) mass is 532 g/mol. The molecule has 0 radical (unpaired) electrons.